The molecular weight excluding hydrogens is 348 g/mol. The molecule has 3 atom stereocenters. The number of unbranched alkanes of at least 4 members (excludes halogenated alkanes) is 2. The van der Waals surface area contributed by atoms with Gasteiger partial charge in [0.05, 0.1) is 0 Å². The summed E-state index contributed by atoms with van der Waals surface area (Å²) in [4.78, 5) is 12.3. The Hall–Kier alpha value is -0.990. The van der Waals surface area contributed by atoms with Crippen LogP contribution in [-0.2, 0) is 9.47 Å². The monoisotopic (exact) mass is 396 g/mol. The first-order valence-electron chi connectivity index (χ1n) is 11.5. The van der Waals surface area contributed by atoms with Gasteiger partial charge in [-0.1, -0.05) is 86.3 Å². The van der Waals surface area contributed by atoms with Gasteiger partial charge in [0, 0.05) is 0 Å². The Morgan fingerprint density at radius 3 is 2.00 bits per heavy atom. The second-order valence-corrected chi connectivity index (χ2v) is 9.91. The molecule has 0 N–H and O–H groups in total. The van der Waals surface area contributed by atoms with Crippen LogP contribution in [0.5, 0.6) is 0 Å². The number of ether oxygens (including phenoxy) is 2. The summed E-state index contributed by atoms with van der Waals surface area (Å²) in [5.41, 5.74) is 0.171. The summed E-state index contributed by atoms with van der Waals surface area (Å²) >= 11 is 0. The maximum Gasteiger partial charge on any atom is 0.508 e. The summed E-state index contributed by atoms with van der Waals surface area (Å²) in [6, 6.07) is 0. The molecule has 28 heavy (non-hydrogen) atoms. The highest BCUT2D eigenvalue weighted by atomic mass is 16.7. The summed E-state index contributed by atoms with van der Waals surface area (Å²) < 4.78 is 11.2. The van der Waals surface area contributed by atoms with Crippen molar-refractivity contribution in [3.63, 3.8) is 0 Å². The van der Waals surface area contributed by atoms with Gasteiger partial charge in [0.1, 0.15) is 12.2 Å². The number of hydrogen-bond acceptors (Lipinski definition) is 3. The second kappa shape index (κ2) is 13.3. The minimum atomic E-state index is -0.523. The molecule has 0 aromatic rings. The molecule has 0 aliphatic rings. The lowest BCUT2D eigenvalue weighted by Crippen LogP contribution is -2.28. The molecule has 0 aliphatic carbocycles. The number of hydrogen-bond donors (Lipinski definition) is 0. The van der Waals surface area contributed by atoms with E-state index in [0.29, 0.717) is 5.92 Å². The fourth-order valence-corrected chi connectivity index (χ4v) is 3.50. The van der Waals surface area contributed by atoms with E-state index in [1.54, 1.807) is 0 Å². The van der Waals surface area contributed by atoms with Crippen molar-refractivity contribution in [2.45, 2.75) is 126 Å². The van der Waals surface area contributed by atoms with Gasteiger partial charge in [0.25, 0.3) is 0 Å². The number of carbonyl (C=O) groups is 1. The zero-order chi connectivity index (χ0) is 21.8. The van der Waals surface area contributed by atoms with E-state index in [0.717, 1.165) is 32.1 Å². The van der Waals surface area contributed by atoms with Crippen molar-refractivity contribution in [3.8, 4) is 0 Å². The van der Waals surface area contributed by atoms with Crippen molar-refractivity contribution in [2.24, 2.45) is 16.7 Å². The Kier molecular flexibility index (Phi) is 12.8. The summed E-state index contributed by atoms with van der Waals surface area (Å²) in [5.74, 6) is 0.426. The fourth-order valence-electron chi connectivity index (χ4n) is 3.50. The smallest absolute Gasteiger partial charge is 0.431 e. The average Bonchev–Trinajstić information content (AvgIpc) is 2.58. The molecular formula is C25H48O3. The highest BCUT2D eigenvalue weighted by molar-refractivity contribution is 5.60. The highest BCUT2D eigenvalue weighted by Gasteiger charge is 2.25. The Balaban J connectivity index is 4.58. The predicted octanol–water partition coefficient (Wildman–Crippen LogP) is 8.32. The van der Waals surface area contributed by atoms with E-state index in [4.69, 9.17) is 9.47 Å². The molecule has 0 rings (SSSR count). The lowest BCUT2D eigenvalue weighted by molar-refractivity contribution is -0.0174. The van der Waals surface area contributed by atoms with Gasteiger partial charge < -0.3 is 9.47 Å². The molecule has 0 saturated heterocycles. The normalized spacial score (nSPS) is 16.0. The number of rotatable bonds is 14. The fraction of sp³-hybridized carbons (Fsp3) is 0.880. The third kappa shape index (κ3) is 12.5. The lowest BCUT2D eigenvalue weighted by atomic mass is 9.82. The third-order valence-electron chi connectivity index (χ3n) is 5.79. The van der Waals surface area contributed by atoms with E-state index in [2.05, 4.69) is 60.6 Å². The summed E-state index contributed by atoms with van der Waals surface area (Å²) in [7, 11) is 0. The van der Waals surface area contributed by atoms with Crippen molar-refractivity contribution in [2.75, 3.05) is 0 Å². The standard InChI is InChI=1S/C25H48O3/c1-10-13-14-16-22(15-11-2)21(5)28-23(26)27-20(4)19-25(8,9)18-17-24(6,7)12-3/h17-18,20-22H,10-16,19H2,1-9H3/b18-17+. The molecule has 0 heterocycles. The molecule has 0 bridgehead atoms. The lowest BCUT2D eigenvalue weighted by Gasteiger charge is -2.28. The molecule has 3 unspecified atom stereocenters. The summed E-state index contributed by atoms with van der Waals surface area (Å²) in [6.45, 7) is 19.4. The summed E-state index contributed by atoms with van der Waals surface area (Å²) in [5, 5.41) is 0. The highest BCUT2D eigenvalue weighted by Crippen LogP contribution is 2.30. The van der Waals surface area contributed by atoms with Crippen molar-refractivity contribution in [3.05, 3.63) is 12.2 Å². The van der Waals surface area contributed by atoms with E-state index < -0.39 is 6.16 Å². The molecule has 166 valence electrons. The molecule has 0 aliphatic heterocycles. The molecule has 0 amide bonds. The van der Waals surface area contributed by atoms with Gasteiger partial charge >= 0.3 is 6.16 Å². The SMILES string of the molecule is CCCCCC(CCC)C(C)OC(=O)OC(C)CC(C)(C)/C=C/C(C)(C)CC. The van der Waals surface area contributed by atoms with Gasteiger partial charge in [-0.2, -0.15) is 0 Å². The third-order valence-corrected chi connectivity index (χ3v) is 5.79. The van der Waals surface area contributed by atoms with Crippen molar-refractivity contribution in [1.29, 1.82) is 0 Å². The van der Waals surface area contributed by atoms with Gasteiger partial charge in [-0.25, -0.2) is 4.79 Å². The Labute approximate surface area is 175 Å². The van der Waals surface area contributed by atoms with E-state index in [1.165, 1.54) is 19.3 Å². The van der Waals surface area contributed by atoms with Crippen LogP contribution in [0, 0.1) is 16.7 Å². The van der Waals surface area contributed by atoms with Crippen LogP contribution in [0.15, 0.2) is 12.2 Å². The zero-order valence-electron chi connectivity index (χ0n) is 20.3. The molecule has 3 heteroatoms. The maximum absolute atomic E-state index is 12.3. The minimum Gasteiger partial charge on any atom is -0.431 e. The van der Waals surface area contributed by atoms with Crippen LogP contribution >= 0.6 is 0 Å². The van der Waals surface area contributed by atoms with Gasteiger partial charge in [0.15, 0.2) is 0 Å². The second-order valence-electron chi connectivity index (χ2n) is 9.91. The van der Waals surface area contributed by atoms with Crippen LogP contribution in [-0.4, -0.2) is 18.4 Å². The molecule has 3 nitrogen and oxygen atoms in total. The van der Waals surface area contributed by atoms with E-state index >= 15 is 0 Å². The van der Waals surface area contributed by atoms with Crippen molar-refractivity contribution in [1.82, 2.24) is 0 Å². The first-order valence-corrected chi connectivity index (χ1v) is 11.5. The minimum absolute atomic E-state index is 0.0251. The zero-order valence-corrected chi connectivity index (χ0v) is 20.3. The van der Waals surface area contributed by atoms with Crippen LogP contribution in [0.1, 0.15) is 114 Å². The Morgan fingerprint density at radius 1 is 0.857 bits per heavy atom. The van der Waals surface area contributed by atoms with Gasteiger partial charge in [-0.05, 0) is 56.3 Å². The maximum atomic E-state index is 12.3. The molecule has 0 fully saturated rings. The Bertz CT molecular complexity index is 451. The van der Waals surface area contributed by atoms with Crippen LogP contribution in [0.4, 0.5) is 4.79 Å². The predicted molar refractivity (Wildman–Crippen MR) is 121 cm³/mol. The van der Waals surface area contributed by atoms with E-state index in [9.17, 15) is 4.79 Å². The average molecular weight is 397 g/mol. The van der Waals surface area contributed by atoms with Crippen LogP contribution < -0.4 is 0 Å². The van der Waals surface area contributed by atoms with Crippen molar-refractivity contribution >= 4 is 6.16 Å². The van der Waals surface area contributed by atoms with Gasteiger partial charge in [0.2, 0.25) is 0 Å². The summed E-state index contributed by atoms with van der Waals surface area (Å²) in [6.07, 6.45) is 12.6. The first kappa shape index (κ1) is 27.0. The van der Waals surface area contributed by atoms with Crippen molar-refractivity contribution < 1.29 is 14.3 Å². The molecule has 0 spiro atoms. The van der Waals surface area contributed by atoms with Crippen LogP contribution in [0.2, 0.25) is 0 Å². The number of carbonyl (C=O) groups excluding carboxylic acids is 1. The molecule has 0 aromatic heterocycles. The molecule has 0 radical (unpaired) electrons. The largest absolute Gasteiger partial charge is 0.508 e. The quantitative estimate of drug-likeness (QED) is 0.168. The molecule has 0 aromatic carbocycles. The van der Waals surface area contributed by atoms with E-state index in [1.807, 2.05) is 13.8 Å². The number of allylic oxidation sites excluding steroid dienone is 2. The molecule has 0 saturated carbocycles. The van der Waals surface area contributed by atoms with E-state index in [-0.39, 0.29) is 23.0 Å². The topological polar surface area (TPSA) is 35.5 Å². The van der Waals surface area contributed by atoms with Crippen LogP contribution in [0.25, 0.3) is 0 Å². The van der Waals surface area contributed by atoms with Crippen LogP contribution in [0.3, 0.4) is 0 Å². The first-order chi connectivity index (χ1) is 13.0. The van der Waals surface area contributed by atoms with Gasteiger partial charge in [-0.3, -0.25) is 0 Å². The Morgan fingerprint density at radius 2 is 1.46 bits per heavy atom. The van der Waals surface area contributed by atoms with Gasteiger partial charge in [-0.15, -0.1) is 0 Å².